The molecule has 0 radical (unpaired) electrons. The molecule has 3 fully saturated rings. The quantitative estimate of drug-likeness (QED) is 0.351. The van der Waals surface area contributed by atoms with Crippen LogP contribution in [0.15, 0.2) is 12.2 Å². The minimum Gasteiger partial charge on any atom is -0.462 e. The van der Waals surface area contributed by atoms with Crippen molar-refractivity contribution in [1.29, 1.82) is 0 Å². The Kier molecular flexibility index (Phi) is 8.16. The second kappa shape index (κ2) is 10.6. The zero-order chi connectivity index (χ0) is 19.1. The van der Waals surface area contributed by atoms with E-state index in [0.717, 1.165) is 38.7 Å². The molecule has 0 aromatic carbocycles. The summed E-state index contributed by atoms with van der Waals surface area (Å²) >= 11 is 0. The van der Waals surface area contributed by atoms with Crippen molar-refractivity contribution in [2.75, 3.05) is 6.61 Å². The van der Waals surface area contributed by atoms with Crippen molar-refractivity contribution < 1.29 is 24.1 Å². The molecule has 1 unspecified atom stereocenters. The molecule has 0 aromatic rings. The number of hydrogen-bond acceptors (Lipinski definition) is 5. The van der Waals surface area contributed by atoms with Crippen molar-refractivity contribution in [2.45, 2.75) is 102 Å². The summed E-state index contributed by atoms with van der Waals surface area (Å²) in [4.78, 5) is 11.6. The van der Waals surface area contributed by atoms with Crippen LogP contribution in [-0.4, -0.2) is 42.3 Å². The summed E-state index contributed by atoms with van der Waals surface area (Å²) in [5.74, 6) is -0.0329. The van der Waals surface area contributed by atoms with Gasteiger partial charge in [0.25, 0.3) is 0 Å². The molecule has 3 aliphatic rings. The number of aliphatic hydroxyl groups is 1. The normalized spacial score (nSPS) is 34.7. The Balaban J connectivity index is 1.55. The van der Waals surface area contributed by atoms with Crippen LogP contribution in [0.2, 0.25) is 0 Å². The predicted molar refractivity (Wildman–Crippen MR) is 103 cm³/mol. The van der Waals surface area contributed by atoms with Gasteiger partial charge in [0.15, 0.2) is 6.29 Å². The number of carbonyl (C=O) groups excluding carboxylic acids is 1. The van der Waals surface area contributed by atoms with E-state index in [0.29, 0.717) is 12.8 Å². The van der Waals surface area contributed by atoms with Gasteiger partial charge in [-0.25, -0.2) is 0 Å². The molecule has 154 valence electrons. The van der Waals surface area contributed by atoms with E-state index in [4.69, 9.17) is 14.2 Å². The summed E-state index contributed by atoms with van der Waals surface area (Å²) in [5.41, 5.74) is 0. The van der Waals surface area contributed by atoms with Crippen molar-refractivity contribution in [1.82, 2.24) is 0 Å². The van der Waals surface area contributed by atoms with Gasteiger partial charge in [0.05, 0.1) is 18.6 Å². The lowest BCUT2D eigenvalue weighted by Crippen LogP contribution is -2.27. The molecule has 5 heteroatoms. The maximum atomic E-state index is 11.6. The number of unbranched alkanes of at least 4 members (excludes halogenated alkanes) is 4. The Hall–Kier alpha value is -0.910. The van der Waals surface area contributed by atoms with Gasteiger partial charge in [-0.3, -0.25) is 4.79 Å². The Morgan fingerprint density at radius 1 is 1.26 bits per heavy atom. The van der Waals surface area contributed by atoms with E-state index in [-0.39, 0.29) is 36.3 Å². The topological polar surface area (TPSA) is 65.0 Å². The summed E-state index contributed by atoms with van der Waals surface area (Å²) in [5, 5.41) is 10.4. The first-order valence-corrected chi connectivity index (χ1v) is 11.0. The van der Waals surface area contributed by atoms with Gasteiger partial charge in [0.1, 0.15) is 6.10 Å². The van der Waals surface area contributed by atoms with E-state index in [9.17, 15) is 9.90 Å². The molecule has 2 aliphatic heterocycles. The molecule has 1 aliphatic carbocycles. The molecule has 27 heavy (non-hydrogen) atoms. The highest BCUT2D eigenvalue weighted by molar-refractivity contribution is 5.72. The van der Waals surface area contributed by atoms with Gasteiger partial charge in [-0.15, -0.1) is 0 Å². The first-order valence-electron chi connectivity index (χ1n) is 11.0. The summed E-state index contributed by atoms with van der Waals surface area (Å²) in [6.07, 6.45) is 14.9. The van der Waals surface area contributed by atoms with E-state index < -0.39 is 6.10 Å². The smallest absolute Gasteiger partial charge is 0.306 e. The van der Waals surface area contributed by atoms with Gasteiger partial charge in [0, 0.05) is 24.9 Å². The first-order chi connectivity index (χ1) is 13.2. The summed E-state index contributed by atoms with van der Waals surface area (Å²) in [6.45, 7) is 3.01. The number of ether oxygens (including phenoxy) is 3. The van der Waals surface area contributed by atoms with Crippen molar-refractivity contribution in [2.24, 2.45) is 11.8 Å². The monoisotopic (exact) mass is 380 g/mol. The van der Waals surface area contributed by atoms with Gasteiger partial charge in [0.2, 0.25) is 0 Å². The lowest BCUT2D eigenvalue weighted by Gasteiger charge is -2.27. The Morgan fingerprint density at radius 2 is 2.11 bits per heavy atom. The number of esters is 1. The lowest BCUT2D eigenvalue weighted by molar-refractivity contribution is -0.179. The predicted octanol–water partition coefficient (Wildman–Crippen LogP) is 4.13. The second-order valence-electron chi connectivity index (χ2n) is 8.34. The highest BCUT2D eigenvalue weighted by Gasteiger charge is 2.48. The van der Waals surface area contributed by atoms with Gasteiger partial charge in [-0.1, -0.05) is 51.2 Å². The van der Waals surface area contributed by atoms with E-state index in [1.54, 1.807) is 0 Å². The van der Waals surface area contributed by atoms with Crippen LogP contribution in [-0.2, 0) is 19.0 Å². The number of rotatable bonds is 10. The van der Waals surface area contributed by atoms with Gasteiger partial charge in [-0.05, 0) is 25.7 Å². The van der Waals surface area contributed by atoms with Crippen molar-refractivity contribution >= 4 is 5.97 Å². The number of fused-ring (bicyclic) bond motifs is 1. The number of carbonyl (C=O) groups is 1. The lowest BCUT2D eigenvalue weighted by atomic mass is 9.91. The molecule has 6 atom stereocenters. The molecule has 1 N–H and O–H groups in total. The average molecular weight is 381 g/mol. The molecule has 3 rings (SSSR count). The zero-order valence-corrected chi connectivity index (χ0v) is 16.7. The Labute approximate surface area is 163 Å². The minimum absolute atomic E-state index is 0.0130. The van der Waals surface area contributed by atoms with E-state index >= 15 is 0 Å². The first kappa shape index (κ1) is 20.8. The second-order valence-corrected chi connectivity index (χ2v) is 8.34. The van der Waals surface area contributed by atoms with Crippen LogP contribution in [0.4, 0.5) is 0 Å². The molecular formula is C22H36O5. The number of hydrogen-bond donors (Lipinski definition) is 1. The molecule has 2 heterocycles. The summed E-state index contributed by atoms with van der Waals surface area (Å²) < 4.78 is 17.3. The van der Waals surface area contributed by atoms with Crippen molar-refractivity contribution in [3.8, 4) is 0 Å². The van der Waals surface area contributed by atoms with Crippen LogP contribution in [0, 0.1) is 11.8 Å². The van der Waals surface area contributed by atoms with Crippen LogP contribution < -0.4 is 0 Å². The average Bonchev–Trinajstić information content (AvgIpc) is 3.15. The highest BCUT2D eigenvalue weighted by Crippen LogP contribution is 2.42. The van der Waals surface area contributed by atoms with Gasteiger partial charge >= 0.3 is 5.97 Å². The molecule has 5 nitrogen and oxygen atoms in total. The molecule has 0 aromatic heterocycles. The third-order valence-electron chi connectivity index (χ3n) is 6.18. The van der Waals surface area contributed by atoms with Crippen LogP contribution in [0.1, 0.15) is 77.6 Å². The molecule has 0 amide bonds. The summed E-state index contributed by atoms with van der Waals surface area (Å²) in [7, 11) is 0. The van der Waals surface area contributed by atoms with Crippen LogP contribution in [0.3, 0.4) is 0 Å². The molecule has 0 spiro atoms. The molecule has 0 bridgehead atoms. The summed E-state index contributed by atoms with van der Waals surface area (Å²) in [6, 6.07) is 0. The van der Waals surface area contributed by atoms with Crippen LogP contribution in [0.25, 0.3) is 0 Å². The zero-order valence-electron chi connectivity index (χ0n) is 16.7. The number of aliphatic hydroxyl groups excluding tert-OH is 1. The van der Waals surface area contributed by atoms with E-state index in [2.05, 4.69) is 19.1 Å². The fraction of sp³-hybridized carbons (Fsp3) is 0.864. The fourth-order valence-corrected chi connectivity index (χ4v) is 4.61. The van der Waals surface area contributed by atoms with Gasteiger partial charge in [-0.2, -0.15) is 0 Å². The molecular weight excluding hydrogens is 344 g/mol. The van der Waals surface area contributed by atoms with E-state index in [1.165, 1.54) is 25.7 Å². The van der Waals surface area contributed by atoms with Crippen LogP contribution >= 0.6 is 0 Å². The highest BCUT2D eigenvalue weighted by atomic mass is 16.7. The standard InChI is InChI=1S/C22H36O5/c1-2-3-4-5-6-9-16(26-22-10-7-8-13-25-22)11-12-17-18-14-21(24)27-20(18)15-19(17)23/h11-12,16-20,22-23H,2-10,13-15H2,1H3/t16-,17+,18+,19+,20-,22?/m0/s1. The van der Waals surface area contributed by atoms with E-state index in [1.807, 2.05) is 0 Å². The SMILES string of the molecule is CCCCCCC[C@@H](C=C[C@@H]1[C@H]2CC(=O)O[C@H]2C[C@H]1O)OC1CCCCO1. The third kappa shape index (κ3) is 6.03. The van der Waals surface area contributed by atoms with Crippen molar-refractivity contribution in [3.05, 3.63) is 12.2 Å². The maximum absolute atomic E-state index is 11.6. The van der Waals surface area contributed by atoms with Crippen molar-refractivity contribution in [3.63, 3.8) is 0 Å². The van der Waals surface area contributed by atoms with Crippen LogP contribution in [0.5, 0.6) is 0 Å². The Bertz CT molecular complexity index is 485. The maximum Gasteiger partial charge on any atom is 0.306 e. The molecule has 2 saturated heterocycles. The largest absolute Gasteiger partial charge is 0.462 e. The third-order valence-corrected chi connectivity index (χ3v) is 6.18. The fourth-order valence-electron chi connectivity index (χ4n) is 4.61. The minimum atomic E-state index is -0.430. The van der Waals surface area contributed by atoms with Gasteiger partial charge < -0.3 is 19.3 Å². The molecule has 1 saturated carbocycles. The Morgan fingerprint density at radius 3 is 2.89 bits per heavy atom.